The Morgan fingerprint density at radius 2 is 2.15 bits per heavy atom. The first-order chi connectivity index (χ1) is 9.70. The van der Waals surface area contributed by atoms with Gasteiger partial charge < -0.3 is 10.1 Å². The zero-order valence-electron chi connectivity index (χ0n) is 10.6. The number of hydrogen-bond donors (Lipinski definition) is 1. The molecule has 1 N–H and O–H groups in total. The predicted octanol–water partition coefficient (Wildman–Crippen LogP) is 3.42. The van der Waals surface area contributed by atoms with Crippen LogP contribution in [0.15, 0.2) is 35.1 Å². The molecule has 2 aromatic rings. The first-order valence-corrected chi connectivity index (χ1v) is 7.17. The van der Waals surface area contributed by atoms with Crippen LogP contribution in [0, 0.1) is 5.82 Å². The van der Waals surface area contributed by atoms with E-state index in [0.29, 0.717) is 12.6 Å². The van der Waals surface area contributed by atoms with Crippen molar-refractivity contribution in [1.29, 1.82) is 0 Å². The van der Waals surface area contributed by atoms with Gasteiger partial charge in [0.15, 0.2) is 11.6 Å². The summed E-state index contributed by atoms with van der Waals surface area (Å²) in [5.74, 6) is -0.0378. The van der Waals surface area contributed by atoms with Crippen LogP contribution in [0.2, 0.25) is 0 Å². The molecule has 1 aliphatic carbocycles. The third-order valence-corrected chi connectivity index (χ3v) is 3.43. The third kappa shape index (κ3) is 3.52. The van der Waals surface area contributed by atoms with Crippen LogP contribution in [0.1, 0.15) is 18.5 Å². The minimum Gasteiger partial charge on any atom is -0.434 e. The summed E-state index contributed by atoms with van der Waals surface area (Å²) in [4.78, 5) is 8.38. The summed E-state index contributed by atoms with van der Waals surface area (Å²) in [6.07, 6.45) is 5.61. The highest BCUT2D eigenvalue weighted by Crippen LogP contribution is 2.26. The Morgan fingerprint density at radius 3 is 2.85 bits per heavy atom. The van der Waals surface area contributed by atoms with Gasteiger partial charge in [0.2, 0.25) is 5.88 Å². The molecule has 1 saturated carbocycles. The van der Waals surface area contributed by atoms with E-state index in [-0.39, 0.29) is 11.6 Å². The van der Waals surface area contributed by atoms with E-state index < -0.39 is 5.82 Å². The molecule has 3 rings (SSSR count). The fraction of sp³-hybridized carbons (Fsp3) is 0.286. The van der Waals surface area contributed by atoms with Gasteiger partial charge in [-0.05, 0) is 31.0 Å². The van der Waals surface area contributed by atoms with Gasteiger partial charge in [0, 0.05) is 17.1 Å². The van der Waals surface area contributed by atoms with Gasteiger partial charge in [-0.1, -0.05) is 15.9 Å². The maximum atomic E-state index is 13.5. The van der Waals surface area contributed by atoms with Gasteiger partial charge in [0.25, 0.3) is 0 Å². The van der Waals surface area contributed by atoms with Crippen molar-refractivity contribution in [1.82, 2.24) is 15.3 Å². The lowest BCUT2D eigenvalue weighted by Gasteiger charge is -2.07. The fourth-order valence-corrected chi connectivity index (χ4v) is 2.03. The molecule has 20 heavy (non-hydrogen) atoms. The molecule has 1 fully saturated rings. The monoisotopic (exact) mass is 337 g/mol. The standard InChI is InChI=1S/C14H13BrFN3O/c15-9-1-4-12(16)13(5-9)20-14-8-18-11(7-19-14)6-17-10-2-3-10/h1,4-5,7-8,10,17H,2-3,6H2. The van der Waals surface area contributed by atoms with Crippen LogP contribution in [-0.2, 0) is 6.54 Å². The molecule has 1 aromatic heterocycles. The van der Waals surface area contributed by atoms with Gasteiger partial charge in [-0.15, -0.1) is 0 Å². The second kappa shape index (κ2) is 5.85. The van der Waals surface area contributed by atoms with E-state index in [9.17, 15) is 4.39 Å². The lowest BCUT2D eigenvalue weighted by Crippen LogP contribution is -2.16. The van der Waals surface area contributed by atoms with Crippen LogP contribution < -0.4 is 10.1 Å². The zero-order chi connectivity index (χ0) is 13.9. The van der Waals surface area contributed by atoms with Gasteiger partial charge in [-0.2, -0.15) is 0 Å². The van der Waals surface area contributed by atoms with Crippen molar-refractivity contribution >= 4 is 15.9 Å². The van der Waals surface area contributed by atoms with Crippen molar-refractivity contribution < 1.29 is 9.13 Å². The van der Waals surface area contributed by atoms with Crippen molar-refractivity contribution in [2.24, 2.45) is 0 Å². The Morgan fingerprint density at radius 1 is 1.30 bits per heavy atom. The molecule has 0 aliphatic heterocycles. The van der Waals surface area contributed by atoms with Crippen molar-refractivity contribution in [3.63, 3.8) is 0 Å². The van der Waals surface area contributed by atoms with E-state index in [1.54, 1.807) is 18.3 Å². The molecule has 0 radical (unpaired) electrons. The summed E-state index contributed by atoms with van der Waals surface area (Å²) < 4.78 is 19.7. The first kappa shape index (κ1) is 13.5. The van der Waals surface area contributed by atoms with Gasteiger partial charge in [0.1, 0.15) is 0 Å². The highest BCUT2D eigenvalue weighted by molar-refractivity contribution is 9.10. The summed E-state index contributed by atoms with van der Waals surface area (Å²) in [6.45, 7) is 0.698. The number of nitrogens with zero attached hydrogens (tertiary/aromatic N) is 2. The third-order valence-electron chi connectivity index (χ3n) is 2.94. The average Bonchev–Trinajstić information content (AvgIpc) is 3.26. The molecule has 6 heteroatoms. The van der Waals surface area contributed by atoms with Gasteiger partial charge >= 0.3 is 0 Å². The Labute approximate surface area is 124 Å². The molecule has 1 aromatic carbocycles. The van der Waals surface area contributed by atoms with Crippen LogP contribution in [-0.4, -0.2) is 16.0 Å². The fourth-order valence-electron chi connectivity index (χ4n) is 1.69. The molecule has 0 atom stereocenters. The minimum atomic E-state index is -0.436. The van der Waals surface area contributed by atoms with E-state index in [0.717, 1.165) is 10.2 Å². The van der Waals surface area contributed by atoms with Crippen LogP contribution >= 0.6 is 15.9 Å². The number of halogens is 2. The van der Waals surface area contributed by atoms with E-state index in [4.69, 9.17) is 4.74 Å². The summed E-state index contributed by atoms with van der Waals surface area (Å²) in [6, 6.07) is 5.13. The number of ether oxygens (including phenoxy) is 1. The highest BCUT2D eigenvalue weighted by Gasteiger charge is 2.20. The molecule has 104 valence electrons. The van der Waals surface area contributed by atoms with Gasteiger partial charge in [0.05, 0.1) is 18.1 Å². The molecule has 1 heterocycles. The van der Waals surface area contributed by atoms with Crippen molar-refractivity contribution in [3.8, 4) is 11.6 Å². The molecule has 1 aliphatic rings. The zero-order valence-corrected chi connectivity index (χ0v) is 12.2. The summed E-state index contributed by atoms with van der Waals surface area (Å²) in [5.41, 5.74) is 0.846. The Balaban J connectivity index is 1.66. The number of hydrogen-bond acceptors (Lipinski definition) is 4. The topological polar surface area (TPSA) is 47.0 Å². The van der Waals surface area contributed by atoms with E-state index in [1.807, 2.05) is 0 Å². The summed E-state index contributed by atoms with van der Waals surface area (Å²) in [5, 5.41) is 3.35. The molecule has 0 amide bonds. The van der Waals surface area contributed by atoms with Crippen molar-refractivity contribution in [3.05, 3.63) is 46.6 Å². The molecular weight excluding hydrogens is 325 g/mol. The molecule has 0 bridgehead atoms. The first-order valence-electron chi connectivity index (χ1n) is 6.38. The largest absolute Gasteiger partial charge is 0.434 e. The quantitative estimate of drug-likeness (QED) is 0.908. The van der Waals surface area contributed by atoms with E-state index in [1.165, 1.54) is 25.1 Å². The maximum Gasteiger partial charge on any atom is 0.237 e. The number of aromatic nitrogens is 2. The van der Waals surface area contributed by atoms with Crippen molar-refractivity contribution in [2.75, 3.05) is 0 Å². The highest BCUT2D eigenvalue weighted by atomic mass is 79.9. The van der Waals surface area contributed by atoms with Crippen LogP contribution in [0.25, 0.3) is 0 Å². The Hall–Kier alpha value is -1.53. The lowest BCUT2D eigenvalue weighted by atomic mass is 10.3. The normalized spacial score (nSPS) is 14.3. The van der Waals surface area contributed by atoms with Gasteiger partial charge in [-0.25, -0.2) is 9.37 Å². The second-order valence-corrected chi connectivity index (χ2v) is 5.59. The van der Waals surface area contributed by atoms with Gasteiger partial charge in [-0.3, -0.25) is 4.98 Å². The summed E-state index contributed by atoms with van der Waals surface area (Å²) in [7, 11) is 0. The van der Waals surface area contributed by atoms with Crippen molar-refractivity contribution in [2.45, 2.75) is 25.4 Å². The Kier molecular flexibility index (Phi) is 3.93. The number of nitrogens with one attached hydrogen (secondary N) is 1. The van der Waals surface area contributed by atoms with Crippen LogP contribution in [0.3, 0.4) is 0 Å². The summed E-state index contributed by atoms with van der Waals surface area (Å²) >= 11 is 3.27. The molecule has 0 saturated heterocycles. The van der Waals surface area contributed by atoms with Crippen LogP contribution in [0.5, 0.6) is 11.6 Å². The smallest absolute Gasteiger partial charge is 0.237 e. The molecule has 4 nitrogen and oxygen atoms in total. The molecular formula is C14H13BrFN3O. The predicted molar refractivity (Wildman–Crippen MR) is 76.1 cm³/mol. The SMILES string of the molecule is Fc1ccc(Br)cc1Oc1cnc(CNC2CC2)cn1. The maximum absolute atomic E-state index is 13.5. The number of rotatable bonds is 5. The lowest BCUT2D eigenvalue weighted by molar-refractivity contribution is 0.424. The number of benzene rings is 1. The minimum absolute atomic E-state index is 0.123. The van der Waals surface area contributed by atoms with E-state index >= 15 is 0 Å². The molecule has 0 unspecified atom stereocenters. The average molecular weight is 338 g/mol. The van der Waals surface area contributed by atoms with Crippen LogP contribution in [0.4, 0.5) is 4.39 Å². The Bertz CT molecular complexity index is 602. The molecule has 0 spiro atoms. The van der Waals surface area contributed by atoms with E-state index in [2.05, 4.69) is 31.2 Å². The second-order valence-electron chi connectivity index (χ2n) is 4.68.